The van der Waals surface area contributed by atoms with Gasteiger partial charge in [0.1, 0.15) is 0 Å². The van der Waals surface area contributed by atoms with E-state index in [9.17, 15) is 9.59 Å². The van der Waals surface area contributed by atoms with Crippen LogP contribution in [0.5, 0.6) is 0 Å². The molecule has 1 saturated carbocycles. The van der Waals surface area contributed by atoms with Crippen molar-refractivity contribution in [3.05, 3.63) is 59.0 Å². The summed E-state index contributed by atoms with van der Waals surface area (Å²) < 4.78 is 1.56. The van der Waals surface area contributed by atoms with Crippen molar-refractivity contribution < 1.29 is 4.79 Å². The van der Waals surface area contributed by atoms with E-state index in [-0.39, 0.29) is 23.3 Å². The largest absolute Gasteiger partial charge is 0.352 e. The number of aromatic nitrogens is 3. The average molecular weight is 409 g/mol. The first-order valence-corrected chi connectivity index (χ1v) is 11.0. The molecule has 2 unspecified atom stereocenters. The van der Waals surface area contributed by atoms with Crippen molar-refractivity contribution in [1.29, 1.82) is 0 Å². The van der Waals surface area contributed by atoms with Gasteiger partial charge in [0.05, 0.1) is 16.8 Å². The fraction of sp³-hybridized carbons (Fsp3) is 0.364. The number of fused-ring (bicyclic) bond motifs is 1. The summed E-state index contributed by atoms with van der Waals surface area (Å²) in [7, 11) is 0. The molecule has 2 heterocycles. The third-order valence-corrected chi connectivity index (χ3v) is 6.36. The molecule has 7 heteroatoms. The zero-order valence-electron chi connectivity index (χ0n) is 16.4. The van der Waals surface area contributed by atoms with Crippen LogP contribution in [0.3, 0.4) is 0 Å². The van der Waals surface area contributed by atoms with Crippen LogP contribution < -0.4 is 10.9 Å². The number of thioether (sulfide) groups is 1. The minimum atomic E-state index is -0.182. The number of hydrogen-bond donors (Lipinski definition) is 1. The van der Waals surface area contributed by atoms with E-state index in [0.29, 0.717) is 22.1 Å². The number of carbonyl (C=O) groups excluding carboxylic acids is 1. The van der Waals surface area contributed by atoms with Crippen LogP contribution in [-0.2, 0) is 4.79 Å². The first-order valence-electron chi connectivity index (χ1n) is 9.99. The lowest BCUT2D eigenvalue weighted by molar-refractivity contribution is -0.119. The molecule has 3 aromatic rings. The SMILES string of the molecule is CC1CCCCC1NC(=O)CSc1nc2ncccc2c(=O)n1-c1ccccc1. The second-order valence-corrected chi connectivity index (χ2v) is 8.41. The Balaban J connectivity index is 1.61. The number of benzene rings is 1. The van der Waals surface area contributed by atoms with Crippen molar-refractivity contribution in [2.75, 3.05) is 5.75 Å². The van der Waals surface area contributed by atoms with E-state index in [1.807, 2.05) is 30.3 Å². The predicted octanol–water partition coefficient (Wildman–Crippen LogP) is 3.57. The number of rotatable bonds is 5. The molecule has 1 amide bonds. The normalized spacial score (nSPS) is 19.2. The van der Waals surface area contributed by atoms with Crippen molar-refractivity contribution in [3.8, 4) is 5.69 Å². The number of carbonyl (C=O) groups is 1. The highest BCUT2D eigenvalue weighted by atomic mass is 32.2. The molecule has 29 heavy (non-hydrogen) atoms. The fourth-order valence-corrected chi connectivity index (χ4v) is 4.62. The van der Waals surface area contributed by atoms with Crippen LogP contribution in [0.4, 0.5) is 0 Å². The highest BCUT2D eigenvalue weighted by Crippen LogP contribution is 2.24. The van der Waals surface area contributed by atoms with Crippen LogP contribution in [0.1, 0.15) is 32.6 Å². The van der Waals surface area contributed by atoms with Gasteiger partial charge in [0, 0.05) is 12.2 Å². The van der Waals surface area contributed by atoms with Gasteiger partial charge in [0.15, 0.2) is 10.8 Å². The molecule has 0 radical (unpaired) electrons. The van der Waals surface area contributed by atoms with Gasteiger partial charge in [-0.2, -0.15) is 0 Å². The number of para-hydroxylation sites is 1. The zero-order chi connectivity index (χ0) is 20.2. The Bertz CT molecular complexity index is 1070. The Morgan fingerprint density at radius 1 is 1.17 bits per heavy atom. The quantitative estimate of drug-likeness (QED) is 0.516. The van der Waals surface area contributed by atoms with Crippen molar-refractivity contribution in [2.24, 2.45) is 5.92 Å². The molecule has 0 spiro atoms. The molecule has 4 rings (SSSR count). The van der Waals surface area contributed by atoms with E-state index < -0.39 is 0 Å². The highest BCUT2D eigenvalue weighted by molar-refractivity contribution is 7.99. The molecule has 1 aromatic carbocycles. The Hall–Kier alpha value is -2.67. The molecule has 2 atom stereocenters. The molecule has 1 fully saturated rings. The predicted molar refractivity (Wildman–Crippen MR) is 115 cm³/mol. The molecule has 2 aromatic heterocycles. The molecule has 150 valence electrons. The van der Waals surface area contributed by atoms with Gasteiger partial charge in [-0.3, -0.25) is 14.2 Å². The Labute approximate surface area is 173 Å². The Morgan fingerprint density at radius 3 is 2.76 bits per heavy atom. The number of hydrogen-bond acceptors (Lipinski definition) is 5. The van der Waals surface area contributed by atoms with Gasteiger partial charge in [-0.15, -0.1) is 0 Å². The van der Waals surface area contributed by atoms with Gasteiger partial charge < -0.3 is 5.32 Å². The maximum Gasteiger partial charge on any atom is 0.268 e. The first kappa shape index (κ1) is 19.6. The van der Waals surface area contributed by atoms with Gasteiger partial charge >= 0.3 is 0 Å². The summed E-state index contributed by atoms with van der Waals surface area (Å²) in [4.78, 5) is 34.5. The summed E-state index contributed by atoms with van der Waals surface area (Å²) in [6.07, 6.45) is 6.20. The summed E-state index contributed by atoms with van der Waals surface area (Å²) in [6, 6.07) is 13.1. The Morgan fingerprint density at radius 2 is 1.97 bits per heavy atom. The molecule has 1 aliphatic carbocycles. The third-order valence-electron chi connectivity index (χ3n) is 5.42. The van der Waals surface area contributed by atoms with Gasteiger partial charge in [-0.05, 0) is 43.0 Å². The monoisotopic (exact) mass is 408 g/mol. The third kappa shape index (κ3) is 4.34. The smallest absolute Gasteiger partial charge is 0.268 e. The van der Waals surface area contributed by atoms with Crippen molar-refractivity contribution in [3.63, 3.8) is 0 Å². The van der Waals surface area contributed by atoms with E-state index in [2.05, 4.69) is 22.2 Å². The molecule has 0 bridgehead atoms. The topological polar surface area (TPSA) is 76.9 Å². The van der Waals surface area contributed by atoms with Gasteiger partial charge in [0.2, 0.25) is 5.91 Å². The molecule has 1 N–H and O–H groups in total. The van der Waals surface area contributed by atoms with Crippen LogP contribution in [0.25, 0.3) is 16.7 Å². The van der Waals surface area contributed by atoms with E-state index in [1.54, 1.807) is 22.9 Å². The van der Waals surface area contributed by atoms with Gasteiger partial charge in [0.25, 0.3) is 5.56 Å². The summed E-state index contributed by atoms with van der Waals surface area (Å²) in [5, 5.41) is 4.09. The molecule has 0 saturated heterocycles. The molecule has 0 aliphatic heterocycles. The van der Waals surface area contributed by atoms with Crippen LogP contribution in [-0.4, -0.2) is 32.2 Å². The fourth-order valence-electron chi connectivity index (χ4n) is 3.81. The van der Waals surface area contributed by atoms with E-state index in [0.717, 1.165) is 24.9 Å². The van der Waals surface area contributed by atoms with E-state index in [4.69, 9.17) is 0 Å². The number of amides is 1. The minimum Gasteiger partial charge on any atom is -0.352 e. The number of nitrogens with zero attached hydrogens (tertiary/aromatic N) is 3. The second kappa shape index (κ2) is 8.78. The molecular weight excluding hydrogens is 384 g/mol. The van der Waals surface area contributed by atoms with Crippen LogP contribution in [0.2, 0.25) is 0 Å². The summed E-state index contributed by atoms with van der Waals surface area (Å²) in [5.41, 5.74) is 0.936. The number of nitrogens with one attached hydrogen (secondary N) is 1. The molecule has 1 aliphatic rings. The lowest BCUT2D eigenvalue weighted by Crippen LogP contribution is -2.41. The summed E-state index contributed by atoms with van der Waals surface area (Å²) in [5.74, 6) is 0.688. The summed E-state index contributed by atoms with van der Waals surface area (Å²) in [6.45, 7) is 2.20. The zero-order valence-corrected chi connectivity index (χ0v) is 17.2. The van der Waals surface area contributed by atoms with Crippen LogP contribution in [0.15, 0.2) is 58.6 Å². The minimum absolute atomic E-state index is 0.0243. The molecule has 6 nitrogen and oxygen atoms in total. The van der Waals surface area contributed by atoms with E-state index in [1.165, 1.54) is 18.2 Å². The lowest BCUT2D eigenvalue weighted by Gasteiger charge is -2.29. The van der Waals surface area contributed by atoms with Crippen LogP contribution >= 0.6 is 11.8 Å². The first-order chi connectivity index (χ1) is 14.1. The molecular formula is C22H24N4O2S. The second-order valence-electron chi connectivity index (χ2n) is 7.47. The van der Waals surface area contributed by atoms with Crippen molar-refractivity contribution in [1.82, 2.24) is 19.9 Å². The van der Waals surface area contributed by atoms with Crippen molar-refractivity contribution in [2.45, 2.75) is 43.8 Å². The average Bonchev–Trinajstić information content (AvgIpc) is 2.75. The highest BCUT2D eigenvalue weighted by Gasteiger charge is 2.23. The number of pyridine rings is 1. The van der Waals surface area contributed by atoms with E-state index >= 15 is 0 Å². The summed E-state index contributed by atoms with van der Waals surface area (Å²) >= 11 is 1.27. The van der Waals surface area contributed by atoms with Gasteiger partial charge in [-0.25, -0.2) is 9.97 Å². The van der Waals surface area contributed by atoms with Crippen LogP contribution in [0, 0.1) is 5.92 Å². The maximum absolute atomic E-state index is 13.1. The Kier molecular flexibility index (Phi) is 5.94. The van der Waals surface area contributed by atoms with Gasteiger partial charge in [-0.1, -0.05) is 49.7 Å². The lowest BCUT2D eigenvalue weighted by atomic mass is 9.86. The standard InChI is InChI=1S/C22H24N4O2S/c1-15-8-5-6-12-18(15)24-19(27)14-29-22-25-20-17(11-7-13-23-20)21(28)26(22)16-9-3-2-4-10-16/h2-4,7,9-11,13,15,18H,5-6,8,12,14H2,1H3,(H,24,27). The van der Waals surface area contributed by atoms with Crippen molar-refractivity contribution >= 4 is 28.7 Å². The maximum atomic E-state index is 13.1.